The molecule has 3 amide bonds. The van der Waals surface area contributed by atoms with Crippen LogP contribution in [0.3, 0.4) is 0 Å². The molecule has 0 radical (unpaired) electrons. The number of ether oxygens (including phenoxy) is 1. The monoisotopic (exact) mass is 513 g/mol. The number of aryl methyl sites for hydroxylation is 1. The fourth-order valence-electron chi connectivity index (χ4n) is 3.40. The van der Waals surface area contributed by atoms with Crippen molar-refractivity contribution in [2.75, 3.05) is 37.9 Å². The minimum atomic E-state index is -0.689. The van der Waals surface area contributed by atoms with Crippen LogP contribution in [-0.4, -0.2) is 72.1 Å². The van der Waals surface area contributed by atoms with E-state index in [-0.39, 0.29) is 17.4 Å². The van der Waals surface area contributed by atoms with Crippen LogP contribution in [0.25, 0.3) is 0 Å². The van der Waals surface area contributed by atoms with E-state index in [2.05, 4.69) is 20.6 Å². The van der Waals surface area contributed by atoms with Crippen LogP contribution in [0.4, 0.5) is 22.1 Å². The third kappa shape index (κ3) is 8.33. The van der Waals surface area contributed by atoms with Gasteiger partial charge in [-0.3, -0.25) is 14.5 Å². The number of nitrogens with one attached hydrogen (secondary N) is 2. The number of primary amides is 1. The molecule has 1 heterocycles. The molecule has 1 atom stereocenters. The van der Waals surface area contributed by atoms with Crippen LogP contribution in [-0.2, 0) is 22.4 Å². The van der Waals surface area contributed by atoms with Gasteiger partial charge in [-0.15, -0.1) is 0 Å². The van der Waals surface area contributed by atoms with Crippen LogP contribution in [0.5, 0.6) is 0 Å². The van der Waals surface area contributed by atoms with E-state index in [0.29, 0.717) is 36.6 Å². The molecule has 0 aliphatic heterocycles. The molecule has 1 aromatic carbocycles. The van der Waals surface area contributed by atoms with Gasteiger partial charge < -0.3 is 26.0 Å². The largest absolute Gasteiger partial charge is 0.444 e. The Morgan fingerprint density at radius 1 is 1.14 bits per heavy atom. The lowest BCUT2D eigenvalue weighted by Gasteiger charge is -2.28. The van der Waals surface area contributed by atoms with Crippen molar-refractivity contribution in [1.82, 2.24) is 20.2 Å². The number of amides is 3. The average Bonchev–Trinajstić information content (AvgIpc) is 2.81. The van der Waals surface area contributed by atoms with Crippen LogP contribution in [0, 0.1) is 0 Å². The van der Waals surface area contributed by atoms with Gasteiger partial charge in [0.2, 0.25) is 5.91 Å². The highest BCUT2D eigenvalue weighted by Gasteiger charge is 2.26. The highest BCUT2D eigenvalue weighted by Crippen LogP contribution is 2.24. The first kappa shape index (κ1) is 29.3. The number of hydrogen-bond donors (Lipinski definition) is 3. The van der Waals surface area contributed by atoms with Gasteiger partial charge in [-0.2, -0.15) is 0 Å². The highest BCUT2D eigenvalue weighted by molar-refractivity contribution is 5.96. The second-order valence-electron chi connectivity index (χ2n) is 9.94. The maximum Gasteiger partial charge on any atom is 0.410 e. The van der Waals surface area contributed by atoms with E-state index in [1.165, 1.54) is 11.9 Å². The van der Waals surface area contributed by atoms with Crippen LogP contribution in [0.1, 0.15) is 56.4 Å². The molecule has 2 rings (SSSR count). The Morgan fingerprint density at radius 3 is 2.38 bits per heavy atom. The van der Waals surface area contributed by atoms with E-state index in [9.17, 15) is 14.4 Å². The van der Waals surface area contributed by atoms with E-state index in [0.717, 1.165) is 5.56 Å². The summed E-state index contributed by atoms with van der Waals surface area (Å²) in [4.78, 5) is 49.0. The number of anilines is 3. The molecule has 2 aromatic rings. The van der Waals surface area contributed by atoms with Crippen molar-refractivity contribution in [3.8, 4) is 0 Å². The van der Waals surface area contributed by atoms with Crippen molar-refractivity contribution in [2.45, 2.75) is 59.1 Å². The number of benzene rings is 1. The zero-order valence-corrected chi connectivity index (χ0v) is 23.0. The summed E-state index contributed by atoms with van der Waals surface area (Å²) < 4.78 is 5.32. The van der Waals surface area contributed by atoms with Crippen molar-refractivity contribution in [3.05, 3.63) is 41.2 Å². The van der Waals surface area contributed by atoms with E-state index >= 15 is 0 Å². The molecule has 202 valence electrons. The first-order valence-electron chi connectivity index (χ1n) is 12.2. The van der Waals surface area contributed by atoms with Gasteiger partial charge in [-0.1, -0.05) is 19.1 Å². The predicted molar refractivity (Wildman–Crippen MR) is 144 cm³/mol. The average molecular weight is 514 g/mol. The van der Waals surface area contributed by atoms with Gasteiger partial charge in [0, 0.05) is 33.4 Å². The Labute approximate surface area is 218 Å². The van der Waals surface area contributed by atoms with Gasteiger partial charge in [-0.25, -0.2) is 14.8 Å². The predicted octanol–water partition coefficient (Wildman–Crippen LogP) is 2.86. The molecule has 0 fully saturated rings. The van der Waals surface area contributed by atoms with Crippen molar-refractivity contribution in [1.29, 1.82) is 0 Å². The number of rotatable bonds is 10. The van der Waals surface area contributed by atoms with Crippen molar-refractivity contribution in [3.63, 3.8) is 0 Å². The van der Waals surface area contributed by atoms with Crippen LogP contribution < -0.4 is 21.3 Å². The number of nitrogens with two attached hydrogens (primary N) is 1. The van der Waals surface area contributed by atoms with Gasteiger partial charge in [0.15, 0.2) is 17.3 Å². The Morgan fingerprint density at radius 2 is 1.81 bits per heavy atom. The molecule has 37 heavy (non-hydrogen) atoms. The van der Waals surface area contributed by atoms with Crippen molar-refractivity contribution < 1.29 is 19.1 Å². The summed E-state index contributed by atoms with van der Waals surface area (Å²) in [7, 11) is 5.25. The van der Waals surface area contributed by atoms with Crippen molar-refractivity contribution in [2.24, 2.45) is 5.73 Å². The topological polar surface area (TPSA) is 143 Å². The van der Waals surface area contributed by atoms with E-state index < -0.39 is 23.6 Å². The Bertz CT molecular complexity index is 1130. The van der Waals surface area contributed by atoms with Gasteiger partial charge in [-0.05, 0) is 58.2 Å². The zero-order chi connectivity index (χ0) is 27.9. The number of aromatic nitrogens is 2. The van der Waals surface area contributed by atoms with Gasteiger partial charge in [0.05, 0.1) is 5.69 Å². The first-order valence-corrected chi connectivity index (χ1v) is 12.2. The summed E-state index contributed by atoms with van der Waals surface area (Å²) in [5.41, 5.74) is 7.33. The number of hydrogen-bond acceptors (Lipinski definition) is 8. The summed E-state index contributed by atoms with van der Waals surface area (Å²) in [6, 6.07) is 6.85. The summed E-state index contributed by atoms with van der Waals surface area (Å²) in [5, 5.41) is 6.02. The summed E-state index contributed by atoms with van der Waals surface area (Å²) >= 11 is 0. The lowest BCUT2D eigenvalue weighted by molar-refractivity contribution is -0.125. The molecule has 11 nitrogen and oxygen atoms in total. The molecule has 0 bridgehead atoms. The third-order valence-electron chi connectivity index (χ3n) is 5.48. The van der Waals surface area contributed by atoms with Crippen LogP contribution in [0.15, 0.2) is 24.3 Å². The molecule has 0 spiro atoms. The Hall–Kier alpha value is -3.89. The Kier molecular flexibility index (Phi) is 9.81. The molecule has 0 aliphatic rings. The smallest absolute Gasteiger partial charge is 0.410 e. The second-order valence-corrected chi connectivity index (χ2v) is 9.94. The minimum Gasteiger partial charge on any atom is -0.444 e. The van der Waals surface area contributed by atoms with E-state index in [4.69, 9.17) is 10.5 Å². The number of carbonyl (C=O) groups excluding carboxylic acids is 3. The molecular formula is C26H39N7O4. The normalized spacial score (nSPS) is 11.9. The molecular weight excluding hydrogens is 474 g/mol. The number of nitrogens with zero attached hydrogens (tertiary/aromatic N) is 4. The lowest BCUT2D eigenvalue weighted by Crippen LogP contribution is -2.47. The highest BCUT2D eigenvalue weighted by atomic mass is 16.6. The number of carbonyl (C=O) groups is 3. The maximum atomic E-state index is 12.6. The molecule has 11 heteroatoms. The number of likely N-dealkylation sites (N-methyl/N-ethyl adjacent to an activating group) is 1. The summed E-state index contributed by atoms with van der Waals surface area (Å²) in [5.74, 6) is -0.0206. The van der Waals surface area contributed by atoms with Gasteiger partial charge in [0.25, 0.3) is 5.91 Å². The van der Waals surface area contributed by atoms with Crippen molar-refractivity contribution >= 4 is 35.2 Å². The van der Waals surface area contributed by atoms with Crippen LogP contribution in [0.2, 0.25) is 0 Å². The molecule has 0 aliphatic carbocycles. The zero-order valence-electron chi connectivity index (χ0n) is 23.0. The fourth-order valence-corrected chi connectivity index (χ4v) is 3.40. The summed E-state index contributed by atoms with van der Waals surface area (Å²) in [6.07, 6.45) is 0.599. The maximum absolute atomic E-state index is 12.6. The van der Waals surface area contributed by atoms with Crippen LogP contribution >= 0.6 is 0 Å². The molecule has 4 N–H and O–H groups in total. The van der Waals surface area contributed by atoms with Gasteiger partial charge >= 0.3 is 6.09 Å². The molecule has 0 saturated heterocycles. The quantitative estimate of drug-likeness (QED) is 0.440. The molecule has 0 unspecified atom stereocenters. The van der Waals surface area contributed by atoms with E-state index in [1.807, 2.05) is 50.2 Å². The first-order chi connectivity index (χ1) is 17.2. The minimum absolute atomic E-state index is 0.0724. The van der Waals surface area contributed by atoms with Gasteiger partial charge in [0.1, 0.15) is 11.6 Å². The fraction of sp³-hybridized carbons (Fsp3) is 0.500. The second kappa shape index (κ2) is 12.4. The molecule has 0 saturated carbocycles. The standard InChI is InChI=1S/C26H39N7O4/c1-9-19-23(32(6)7)31-22(20(30-19)21(27)34)29-18-12-10-11-17(15-18)13-14-28-24(35)16(2)33(8)25(36)37-26(3,4)5/h10-12,15-16H,9,13-14H2,1-8H3,(H2,27,34)(H,28,35)(H,29,31)/t16-/m0/s1. The Balaban J connectivity index is 2.07. The summed E-state index contributed by atoms with van der Waals surface area (Å²) in [6.45, 7) is 9.27. The SMILES string of the molecule is CCc1nc(C(N)=O)c(Nc2cccc(CCNC(=O)[C@H](C)N(C)C(=O)OC(C)(C)C)c2)nc1N(C)C. The van der Waals surface area contributed by atoms with E-state index in [1.54, 1.807) is 27.7 Å². The lowest BCUT2D eigenvalue weighted by atomic mass is 10.1. The molecule has 1 aromatic heterocycles. The third-order valence-corrected chi connectivity index (χ3v) is 5.48.